The van der Waals surface area contributed by atoms with Gasteiger partial charge in [-0.25, -0.2) is 14.4 Å². The Bertz CT molecular complexity index is 1590. The summed E-state index contributed by atoms with van der Waals surface area (Å²) < 4.78 is 17.0. The van der Waals surface area contributed by atoms with Crippen molar-refractivity contribution in [1.29, 1.82) is 0 Å². The van der Waals surface area contributed by atoms with Crippen LogP contribution >= 0.6 is 0 Å². The summed E-state index contributed by atoms with van der Waals surface area (Å²) in [6, 6.07) is 0. The number of hydrogen-bond acceptors (Lipinski definition) is 9. The van der Waals surface area contributed by atoms with Gasteiger partial charge in [-0.1, -0.05) is 0 Å². The first-order valence-corrected chi connectivity index (χ1v) is 12.7. The number of phenols is 3. The number of carbonyl (C=O) groups excluding carboxylic acids is 2. The lowest BCUT2D eigenvalue weighted by atomic mass is 9.95. The molecule has 0 fully saturated rings. The third-order valence-electron chi connectivity index (χ3n) is 7.85. The van der Waals surface area contributed by atoms with Crippen LogP contribution in [0.15, 0.2) is 0 Å². The second-order valence-corrected chi connectivity index (χ2v) is 10.1. The Balaban J connectivity index is 2.13. The molecule has 3 aromatic rings. The summed E-state index contributed by atoms with van der Waals surface area (Å²) in [5.41, 5.74) is 2.45. The van der Waals surface area contributed by atoms with Gasteiger partial charge in [-0.05, 0) is 95.7 Å². The second-order valence-electron chi connectivity index (χ2n) is 10.1. The Kier molecular flexibility index (Phi) is 8.29. The lowest BCUT2D eigenvalue weighted by molar-refractivity contribution is 0.0689. The molecule has 10 nitrogen and oxygen atoms in total. The fourth-order valence-corrected chi connectivity index (χ4v) is 4.94. The molecule has 0 amide bonds. The summed E-state index contributed by atoms with van der Waals surface area (Å²) in [4.78, 5) is 38.5. The van der Waals surface area contributed by atoms with Gasteiger partial charge in [0.2, 0.25) is 0 Å². The molecule has 0 bridgehead atoms. The van der Waals surface area contributed by atoms with E-state index in [2.05, 4.69) is 0 Å². The van der Waals surface area contributed by atoms with Crippen molar-refractivity contribution in [2.24, 2.45) is 0 Å². The molecule has 0 radical (unpaired) electrons. The number of benzene rings is 3. The molecule has 0 heterocycles. The van der Waals surface area contributed by atoms with E-state index in [0.29, 0.717) is 33.4 Å². The third-order valence-corrected chi connectivity index (χ3v) is 7.85. The summed E-state index contributed by atoms with van der Waals surface area (Å²) in [7, 11) is 1.34. The van der Waals surface area contributed by atoms with Crippen molar-refractivity contribution in [3.63, 3.8) is 0 Å². The fraction of sp³-hybridized carbons (Fsp3) is 0.323. The van der Waals surface area contributed by atoms with Crippen LogP contribution in [0, 0.1) is 62.3 Å². The normalized spacial score (nSPS) is 10.9. The maximum absolute atomic E-state index is 13.6. The van der Waals surface area contributed by atoms with Gasteiger partial charge in [-0.3, -0.25) is 0 Å². The number of ether oxygens (including phenoxy) is 3. The molecule has 0 aliphatic heterocycles. The maximum atomic E-state index is 13.6. The Morgan fingerprint density at radius 2 is 0.878 bits per heavy atom. The van der Waals surface area contributed by atoms with Gasteiger partial charge in [0.05, 0.1) is 7.11 Å². The van der Waals surface area contributed by atoms with Gasteiger partial charge in [-0.15, -0.1) is 0 Å². The standard InChI is InChI=1S/C31H34O10/c1-11-14(4)23(32)17(7)24(33)21(11)30(37)41-27-16(6)13(3)22(28(39-10)19(27)9)31(38)40-26-15(5)12(2)20(29(35)36)25(34)18(26)8/h32-34H,1-10H3,(H,35,36). The molecule has 3 aromatic carbocycles. The molecule has 0 aliphatic carbocycles. The molecule has 4 N–H and O–H groups in total. The number of phenolic OH excluding ortho intramolecular Hbond substituents is 2. The zero-order valence-electron chi connectivity index (χ0n) is 24.7. The summed E-state index contributed by atoms with van der Waals surface area (Å²) >= 11 is 0. The molecule has 218 valence electrons. The Labute approximate surface area is 237 Å². The van der Waals surface area contributed by atoms with Crippen LogP contribution in [0.2, 0.25) is 0 Å². The average Bonchev–Trinajstić information content (AvgIpc) is 2.91. The van der Waals surface area contributed by atoms with Crippen molar-refractivity contribution in [3.05, 3.63) is 66.8 Å². The number of aromatic hydroxyl groups is 3. The summed E-state index contributed by atoms with van der Waals surface area (Å²) in [6.07, 6.45) is 0. The predicted octanol–water partition coefficient (Wildman–Crippen LogP) is 5.72. The van der Waals surface area contributed by atoms with Gasteiger partial charge < -0.3 is 34.6 Å². The first-order valence-electron chi connectivity index (χ1n) is 12.7. The van der Waals surface area contributed by atoms with Crippen LogP contribution in [0.1, 0.15) is 81.1 Å². The van der Waals surface area contributed by atoms with Gasteiger partial charge in [-0.2, -0.15) is 0 Å². The number of rotatable bonds is 6. The van der Waals surface area contributed by atoms with Crippen molar-refractivity contribution in [3.8, 4) is 34.5 Å². The maximum Gasteiger partial charge on any atom is 0.347 e. The molecule has 0 saturated heterocycles. The topological polar surface area (TPSA) is 160 Å². The molecule has 10 heteroatoms. The Hall–Kier alpha value is -4.73. The van der Waals surface area contributed by atoms with Gasteiger partial charge in [0.25, 0.3) is 0 Å². The molecular formula is C31H34O10. The van der Waals surface area contributed by atoms with E-state index in [-0.39, 0.29) is 56.4 Å². The first-order chi connectivity index (χ1) is 19.0. The first kappa shape index (κ1) is 30.8. The van der Waals surface area contributed by atoms with E-state index in [1.807, 2.05) is 0 Å². The van der Waals surface area contributed by atoms with Gasteiger partial charge in [0.1, 0.15) is 51.2 Å². The van der Waals surface area contributed by atoms with E-state index in [1.165, 1.54) is 27.9 Å². The summed E-state index contributed by atoms with van der Waals surface area (Å²) in [6.45, 7) is 14.1. The number of carbonyl (C=O) groups is 3. The molecule has 0 unspecified atom stereocenters. The highest BCUT2D eigenvalue weighted by Gasteiger charge is 2.31. The van der Waals surface area contributed by atoms with Crippen LogP contribution in [0.4, 0.5) is 0 Å². The molecular weight excluding hydrogens is 532 g/mol. The van der Waals surface area contributed by atoms with Crippen molar-refractivity contribution < 1.29 is 49.0 Å². The molecule has 3 rings (SSSR count). The second kappa shape index (κ2) is 11.0. The van der Waals surface area contributed by atoms with Crippen molar-refractivity contribution in [1.82, 2.24) is 0 Å². The quantitative estimate of drug-likeness (QED) is 0.214. The van der Waals surface area contributed by atoms with Gasteiger partial charge >= 0.3 is 17.9 Å². The minimum Gasteiger partial charge on any atom is -0.507 e. The highest BCUT2D eigenvalue weighted by molar-refractivity contribution is 6.00. The number of carboxylic acids is 1. The molecule has 0 atom stereocenters. The van der Waals surface area contributed by atoms with E-state index < -0.39 is 29.4 Å². The number of aromatic carboxylic acids is 1. The fourth-order valence-electron chi connectivity index (χ4n) is 4.94. The number of hydrogen-bond donors (Lipinski definition) is 4. The molecule has 0 saturated carbocycles. The summed E-state index contributed by atoms with van der Waals surface area (Å²) in [5, 5.41) is 40.9. The zero-order chi connectivity index (χ0) is 31.2. The largest absolute Gasteiger partial charge is 0.507 e. The number of methoxy groups -OCH3 is 1. The van der Waals surface area contributed by atoms with Crippen LogP contribution in [-0.2, 0) is 0 Å². The lowest BCUT2D eigenvalue weighted by Crippen LogP contribution is -2.18. The average molecular weight is 567 g/mol. The Morgan fingerprint density at radius 1 is 0.463 bits per heavy atom. The zero-order valence-corrected chi connectivity index (χ0v) is 24.7. The van der Waals surface area contributed by atoms with E-state index >= 15 is 0 Å². The highest BCUT2D eigenvalue weighted by Crippen LogP contribution is 2.42. The Morgan fingerprint density at radius 3 is 1.37 bits per heavy atom. The van der Waals surface area contributed by atoms with Crippen LogP contribution in [0.5, 0.6) is 34.5 Å². The van der Waals surface area contributed by atoms with Gasteiger partial charge in [0.15, 0.2) is 0 Å². The molecule has 0 spiro atoms. The van der Waals surface area contributed by atoms with Crippen molar-refractivity contribution in [2.75, 3.05) is 7.11 Å². The summed E-state index contributed by atoms with van der Waals surface area (Å²) in [5.74, 6) is -3.78. The lowest BCUT2D eigenvalue weighted by Gasteiger charge is -2.22. The smallest absolute Gasteiger partial charge is 0.347 e. The van der Waals surface area contributed by atoms with Crippen LogP contribution < -0.4 is 14.2 Å². The van der Waals surface area contributed by atoms with Crippen molar-refractivity contribution in [2.45, 2.75) is 62.3 Å². The van der Waals surface area contributed by atoms with Crippen LogP contribution in [-0.4, -0.2) is 45.4 Å². The molecule has 0 aliphatic rings. The van der Waals surface area contributed by atoms with E-state index in [1.54, 1.807) is 41.5 Å². The SMILES string of the molecule is COc1c(C)c(OC(=O)c2c(C)c(C)c(O)c(C)c2O)c(C)c(C)c1C(=O)Oc1c(C)c(C)c(C(=O)O)c(O)c1C. The third kappa shape index (κ3) is 4.90. The van der Waals surface area contributed by atoms with Crippen molar-refractivity contribution >= 4 is 17.9 Å². The minimum absolute atomic E-state index is 0.0197. The van der Waals surface area contributed by atoms with Crippen LogP contribution in [0.25, 0.3) is 0 Å². The predicted molar refractivity (Wildman–Crippen MR) is 150 cm³/mol. The van der Waals surface area contributed by atoms with E-state index in [9.17, 15) is 34.8 Å². The number of carboxylic acid groups (broad SMARTS) is 1. The molecule has 0 aromatic heterocycles. The van der Waals surface area contributed by atoms with E-state index in [0.717, 1.165) is 0 Å². The van der Waals surface area contributed by atoms with Gasteiger partial charge in [0, 0.05) is 16.7 Å². The molecule has 41 heavy (non-hydrogen) atoms. The highest BCUT2D eigenvalue weighted by atomic mass is 16.5. The minimum atomic E-state index is -1.31. The monoisotopic (exact) mass is 566 g/mol. The number of esters is 2. The van der Waals surface area contributed by atoms with Crippen LogP contribution in [0.3, 0.4) is 0 Å². The van der Waals surface area contributed by atoms with E-state index in [4.69, 9.17) is 14.2 Å².